The van der Waals surface area contributed by atoms with Crippen molar-refractivity contribution in [1.82, 2.24) is 9.55 Å². The largest absolute Gasteiger partial charge is 0.335 e. The predicted octanol–water partition coefficient (Wildman–Crippen LogP) is 0.604. The molecule has 2 N–H and O–H groups in total. The van der Waals surface area contributed by atoms with Gasteiger partial charge in [-0.15, -0.1) is 0 Å². The highest BCUT2D eigenvalue weighted by Crippen LogP contribution is 2.02. The summed E-state index contributed by atoms with van der Waals surface area (Å²) >= 11 is 3.23. The molecule has 1 heterocycles. The average Bonchev–Trinajstić information content (AvgIpc) is 2.17. The monoisotopic (exact) mass is 189 g/mol. The second-order valence-corrected chi connectivity index (χ2v) is 2.54. The van der Waals surface area contributed by atoms with Gasteiger partial charge < -0.3 is 10.3 Å². The summed E-state index contributed by atoms with van der Waals surface area (Å²) in [6, 6.07) is 0. The van der Waals surface area contributed by atoms with Crippen LogP contribution in [0.25, 0.3) is 0 Å². The molecule has 0 radical (unpaired) electrons. The third kappa shape index (κ3) is 1.80. The lowest BCUT2D eigenvalue weighted by Gasteiger charge is -1.93. The van der Waals surface area contributed by atoms with Crippen LogP contribution in [0.1, 0.15) is 0 Å². The van der Waals surface area contributed by atoms with E-state index in [-0.39, 0.29) is 0 Å². The molecule has 0 spiro atoms. The van der Waals surface area contributed by atoms with E-state index < -0.39 is 0 Å². The molecular weight excluding hydrogens is 182 g/mol. The summed E-state index contributed by atoms with van der Waals surface area (Å²) < 4.78 is 2.79. The molecule has 3 nitrogen and oxygen atoms in total. The molecule has 0 amide bonds. The highest BCUT2D eigenvalue weighted by molar-refractivity contribution is 9.10. The first kappa shape index (κ1) is 6.77. The molecule has 0 aliphatic carbocycles. The van der Waals surface area contributed by atoms with E-state index in [0.29, 0.717) is 6.54 Å². The highest BCUT2D eigenvalue weighted by atomic mass is 79.9. The maximum absolute atomic E-state index is 5.31. The third-order valence-corrected chi connectivity index (χ3v) is 1.40. The predicted molar refractivity (Wildman–Crippen MR) is 39.0 cm³/mol. The van der Waals surface area contributed by atoms with Crippen molar-refractivity contribution in [3.8, 4) is 0 Å². The fourth-order valence-electron chi connectivity index (χ4n) is 0.604. The molecule has 0 saturated carbocycles. The molecule has 0 saturated heterocycles. The first-order valence-electron chi connectivity index (χ1n) is 2.70. The molecule has 1 aromatic heterocycles. The van der Waals surface area contributed by atoms with Crippen LogP contribution < -0.4 is 5.73 Å². The van der Waals surface area contributed by atoms with Gasteiger partial charge in [0, 0.05) is 19.3 Å². The van der Waals surface area contributed by atoms with Crippen molar-refractivity contribution in [1.29, 1.82) is 0 Å². The number of aromatic nitrogens is 2. The van der Waals surface area contributed by atoms with Crippen molar-refractivity contribution >= 4 is 15.9 Å². The number of hydrogen-bond donors (Lipinski definition) is 1. The van der Waals surface area contributed by atoms with Gasteiger partial charge in [-0.1, -0.05) is 0 Å². The fraction of sp³-hybridized carbons (Fsp3) is 0.400. The minimum Gasteiger partial charge on any atom is -0.335 e. The lowest BCUT2D eigenvalue weighted by molar-refractivity contribution is 0.707. The molecule has 0 unspecified atom stereocenters. The average molecular weight is 190 g/mol. The molecule has 0 aliphatic heterocycles. The van der Waals surface area contributed by atoms with E-state index in [1.54, 1.807) is 6.33 Å². The van der Waals surface area contributed by atoms with Crippen molar-refractivity contribution in [2.45, 2.75) is 6.54 Å². The molecule has 0 bridgehead atoms. The number of rotatable bonds is 2. The van der Waals surface area contributed by atoms with E-state index in [0.717, 1.165) is 11.1 Å². The second kappa shape index (κ2) is 2.98. The first-order valence-corrected chi connectivity index (χ1v) is 3.49. The topological polar surface area (TPSA) is 43.8 Å². The minimum absolute atomic E-state index is 0.656. The Kier molecular flexibility index (Phi) is 2.24. The molecule has 1 aromatic rings. The van der Waals surface area contributed by atoms with Crippen LogP contribution in [0.15, 0.2) is 17.1 Å². The van der Waals surface area contributed by atoms with E-state index in [4.69, 9.17) is 5.73 Å². The third-order valence-electron chi connectivity index (χ3n) is 0.989. The van der Waals surface area contributed by atoms with Gasteiger partial charge in [-0.3, -0.25) is 0 Å². The Hall–Kier alpha value is -0.350. The minimum atomic E-state index is 0.656. The van der Waals surface area contributed by atoms with Gasteiger partial charge in [-0.25, -0.2) is 4.98 Å². The lowest BCUT2D eigenvalue weighted by atomic mass is 10.6. The Balaban J connectivity index is 2.61. The summed E-state index contributed by atoms with van der Waals surface area (Å²) in [6.45, 7) is 1.49. The Bertz CT molecular complexity index is 184. The number of imidazole rings is 1. The van der Waals surface area contributed by atoms with Crippen molar-refractivity contribution in [3.63, 3.8) is 0 Å². The standard InChI is InChI=1S/C5H8BrN3/c6-5-3-9(2-1-7)4-8-5/h3-4H,1-2,7H2. The van der Waals surface area contributed by atoms with E-state index in [1.165, 1.54) is 0 Å². The van der Waals surface area contributed by atoms with Crippen molar-refractivity contribution in [3.05, 3.63) is 17.1 Å². The fourth-order valence-corrected chi connectivity index (χ4v) is 0.959. The van der Waals surface area contributed by atoms with Crippen molar-refractivity contribution in [2.75, 3.05) is 6.54 Å². The Morgan fingerprint density at radius 3 is 3.00 bits per heavy atom. The van der Waals surface area contributed by atoms with E-state index in [2.05, 4.69) is 20.9 Å². The van der Waals surface area contributed by atoms with Gasteiger partial charge in [0.1, 0.15) is 4.60 Å². The Morgan fingerprint density at radius 1 is 1.78 bits per heavy atom. The molecule has 0 aliphatic rings. The molecule has 0 atom stereocenters. The summed E-state index contributed by atoms with van der Waals surface area (Å²) in [6.07, 6.45) is 3.64. The Labute approximate surface area is 62.0 Å². The molecule has 0 aromatic carbocycles. The van der Waals surface area contributed by atoms with E-state index in [1.807, 2.05) is 10.8 Å². The molecule has 50 valence electrons. The zero-order valence-corrected chi connectivity index (χ0v) is 6.50. The van der Waals surface area contributed by atoms with Gasteiger partial charge in [0.25, 0.3) is 0 Å². The second-order valence-electron chi connectivity index (χ2n) is 1.72. The van der Waals surface area contributed by atoms with Crippen LogP contribution in [-0.2, 0) is 6.54 Å². The van der Waals surface area contributed by atoms with Gasteiger partial charge >= 0.3 is 0 Å². The van der Waals surface area contributed by atoms with E-state index in [9.17, 15) is 0 Å². The lowest BCUT2D eigenvalue weighted by Crippen LogP contribution is -2.07. The maximum Gasteiger partial charge on any atom is 0.124 e. The zero-order valence-electron chi connectivity index (χ0n) is 4.92. The highest BCUT2D eigenvalue weighted by Gasteiger charge is 1.90. The van der Waals surface area contributed by atoms with Crippen LogP contribution in [0, 0.1) is 0 Å². The summed E-state index contributed by atoms with van der Waals surface area (Å²) in [5.41, 5.74) is 5.31. The number of halogens is 1. The zero-order chi connectivity index (χ0) is 6.69. The van der Waals surface area contributed by atoms with Crippen LogP contribution in [0.5, 0.6) is 0 Å². The number of hydrogen-bond acceptors (Lipinski definition) is 2. The summed E-state index contributed by atoms with van der Waals surface area (Å²) in [5.74, 6) is 0. The van der Waals surface area contributed by atoms with Gasteiger partial charge in [0.15, 0.2) is 0 Å². The van der Waals surface area contributed by atoms with Crippen LogP contribution in [0.2, 0.25) is 0 Å². The summed E-state index contributed by atoms with van der Waals surface area (Å²) in [4.78, 5) is 3.96. The van der Waals surface area contributed by atoms with Crippen LogP contribution in [-0.4, -0.2) is 16.1 Å². The van der Waals surface area contributed by atoms with Crippen molar-refractivity contribution < 1.29 is 0 Å². The van der Waals surface area contributed by atoms with E-state index >= 15 is 0 Å². The quantitative estimate of drug-likeness (QED) is 0.742. The van der Waals surface area contributed by atoms with Gasteiger partial charge in [-0.2, -0.15) is 0 Å². The smallest absolute Gasteiger partial charge is 0.124 e. The number of nitrogens with zero attached hydrogens (tertiary/aromatic N) is 2. The molecule has 4 heteroatoms. The molecule has 1 rings (SSSR count). The molecular formula is C5H8BrN3. The SMILES string of the molecule is NCCn1cnc(Br)c1. The van der Waals surface area contributed by atoms with Crippen LogP contribution in [0.3, 0.4) is 0 Å². The van der Waals surface area contributed by atoms with Crippen LogP contribution >= 0.6 is 15.9 Å². The Morgan fingerprint density at radius 2 is 2.56 bits per heavy atom. The molecule has 9 heavy (non-hydrogen) atoms. The summed E-state index contributed by atoms with van der Waals surface area (Å²) in [5, 5.41) is 0. The van der Waals surface area contributed by atoms with Gasteiger partial charge in [0.05, 0.1) is 6.33 Å². The first-order chi connectivity index (χ1) is 4.33. The van der Waals surface area contributed by atoms with Gasteiger partial charge in [0.2, 0.25) is 0 Å². The van der Waals surface area contributed by atoms with Crippen molar-refractivity contribution in [2.24, 2.45) is 5.73 Å². The molecule has 0 fully saturated rings. The van der Waals surface area contributed by atoms with Crippen LogP contribution in [0.4, 0.5) is 0 Å². The summed E-state index contributed by atoms with van der Waals surface area (Å²) in [7, 11) is 0. The van der Waals surface area contributed by atoms with Gasteiger partial charge in [-0.05, 0) is 15.9 Å². The normalized spacial score (nSPS) is 10.0. The maximum atomic E-state index is 5.31. The number of nitrogens with two attached hydrogens (primary N) is 1.